The zero-order valence-corrected chi connectivity index (χ0v) is 6.01. The Kier molecular flexibility index (Phi) is 3.46. The highest BCUT2D eigenvalue weighted by Crippen LogP contribution is 1.86. The summed E-state index contributed by atoms with van der Waals surface area (Å²) in [5, 5.41) is 12.3. The van der Waals surface area contributed by atoms with E-state index in [1.807, 2.05) is 0 Å². The molecule has 0 aromatic heterocycles. The number of carboxylic acid groups (broad SMARTS) is 1. The summed E-state index contributed by atoms with van der Waals surface area (Å²) in [4.78, 5) is 20.2. The van der Waals surface area contributed by atoms with E-state index in [0.717, 1.165) is 0 Å². The molecule has 1 atom stereocenters. The Morgan fingerprint density at radius 2 is 2.10 bits per heavy atom. The van der Waals surface area contributed by atoms with Gasteiger partial charge >= 0.3 is 0 Å². The highest BCUT2D eigenvalue weighted by Gasteiger charge is 2.01. The summed E-state index contributed by atoms with van der Waals surface area (Å²) in [6, 6.07) is -0.345. The number of amides is 1. The van der Waals surface area contributed by atoms with E-state index in [4.69, 9.17) is 0 Å². The molecule has 0 aliphatic rings. The van der Waals surface area contributed by atoms with Crippen LogP contribution in [-0.2, 0) is 9.59 Å². The molecule has 10 heavy (non-hydrogen) atoms. The maximum atomic E-state index is 10.3. The van der Waals surface area contributed by atoms with E-state index >= 15 is 0 Å². The first kappa shape index (κ1) is 8.94. The third-order valence-electron chi connectivity index (χ3n) is 0.923. The minimum Gasteiger partial charge on any atom is -0.550 e. The van der Waals surface area contributed by atoms with E-state index in [9.17, 15) is 14.7 Å². The van der Waals surface area contributed by atoms with E-state index < -0.39 is 5.97 Å². The molecule has 1 unspecified atom stereocenters. The lowest BCUT2D eigenvalue weighted by atomic mass is 10.2. The van der Waals surface area contributed by atoms with Crippen LogP contribution in [0.1, 0.15) is 20.3 Å². The molecule has 0 aromatic carbocycles. The van der Waals surface area contributed by atoms with Crippen molar-refractivity contribution in [1.82, 2.24) is 5.32 Å². The van der Waals surface area contributed by atoms with Crippen molar-refractivity contribution >= 4 is 11.9 Å². The smallest absolute Gasteiger partial charge is 0.217 e. The van der Waals surface area contributed by atoms with Crippen LogP contribution in [0.2, 0.25) is 0 Å². The van der Waals surface area contributed by atoms with Gasteiger partial charge in [0.25, 0.3) is 0 Å². The van der Waals surface area contributed by atoms with Gasteiger partial charge in [-0.1, -0.05) is 0 Å². The molecule has 0 saturated carbocycles. The van der Waals surface area contributed by atoms with Crippen molar-refractivity contribution in [3.8, 4) is 0 Å². The van der Waals surface area contributed by atoms with E-state index in [-0.39, 0.29) is 18.4 Å². The van der Waals surface area contributed by atoms with Gasteiger partial charge in [0.15, 0.2) is 0 Å². The van der Waals surface area contributed by atoms with Crippen molar-refractivity contribution in [3.05, 3.63) is 0 Å². The van der Waals surface area contributed by atoms with E-state index in [0.29, 0.717) is 0 Å². The lowest BCUT2D eigenvalue weighted by Gasteiger charge is -2.11. The fraction of sp³-hybridized carbons (Fsp3) is 0.667. The third-order valence-corrected chi connectivity index (χ3v) is 0.923. The number of hydrogen-bond donors (Lipinski definition) is 1. The van der Waals surface area contributed by atoms with Crippen LogP contribution in [0.3, 0.4) is 0 Å². The molecule has 4 heteroatoms. The normalized spacial score (nSPS) is 12.2. The zero-order chi connectivity index (χ0) is 8.15. The maximum Gasteiger partial charge on any atom is 0.217 e. The molecule has 0 bridgehead atoms. The van der Waals surface area contributed by atoms with Crippen molar-refractivity contribution in [2.45, 2.75) is 26.3 Å². The van der Waals surface area contributed by atoms with E-state index in [2.05, 4.69) is 5.32 Å². The Balaban J connectivity index is 3.53. The second-order valence-corrected chi connectivity index (χ2v) is 2.18. The Bertz CT molecular complexity index is 128. The lowest BCUT2D eigenvalue weighted by Crippen LogP contribution is -2.36. The van der Waals surface area contributed by atoms with Crippen LogP contribution >= 0.6 is 0 Å². The average Bonchev–Trinajstić information content (AvgIpc) is 1.58. The molecule has 0 saturated heterocycles. The Morgan fingerprint density at radius 1 is 1.60 bits per heavy atom. The summed E-state index contributed by atoms with van der Waals surface area (Å²) in [6.07, 6.45) is -0.139. The van der Waals surface area contributed by atoms with Crippen LogP contribution in [0.25, 0.3) is 0 Å². The number of aliphatic carboxylic acids is 1. The monoisotopic (exact) mass is 144 g/mol. The Hall–Kier alpha value is -1.06. The second-order valence-electron chi connectivity index (χ2n) is 2.18. The fourth-order valence-electron chi connectivity index (χ4n) is 0.648. The summed E-state index contributed by atoms with van der Waals surface area (Å²) in [6.45, 7) is 2.95. The number of carboxylic acids is 1. The molecule has 0 aromatic rings. The van der Waals surface area contributed by atoms with Gasteiger partial charge in [-0.05, 0) is 6.92 Å². The largest absolute Gasteiger partial charge is 0.550 e. The van der Waals surface area contributed by atoms with Gasteiger partial charge in [-0.2, -0.15) is 0 Å². The first-order valence-electron chi connectivity index (χ1n) is 2.99. The topological polar surface area (TPSA) is 69.2 Å². The Morgan fingerprint density at radius 3 is 2.40 bits per heavy atom. The summed E-state index contributed by atoms with van der Waals surface area (Å²) in [7, 11) is 0. The molecule has 0 aliphatic carbocycles. The van der Waals surface area contributed by atoms with Crippen LogP contribution in [0.15, 0.2) is 0 Å². The SMILES string of the molecule is CC(=O)NC(C)CC(=O)[O-]. The molecule has 0 fully saturated rings. The van der Waals surface area contributed by atoms with Gasteiger partial charge in [0.1, 0.15) is 0 Å². The number of hydrogen-bond acceptors (Lipinski definition) is 3. The van der Waals surface area contributed by atoms with Crippen LogP contribution < -0.4 is 10.4 Å². The first-order chi connectivity index (χ1) is 4.52. The molecule has 1 N–H and O–H groups in total. The van der Waals surface area contributed by atoms with Gasteiger partial charge < -0.3 is 15.2 Å². The van der Waals surface area contributed by atoms with Crippen LogP contribution in [-0.4, -0.2) is 17.9 Å². The van der Waals surface area contributed by atoms with Gasteiger partial charge in [0.05, 0.1) is 0 Å². The molecule has 0 spiro atoms. The number of carbonyl (C=O) groups is 2. The van der Waals surface area contributed by atoms with Gasteiger partial charge in [-0.15, -0.1) is 0 Å². The quantitative estimate of drug-likeness (QED) is 0.532. The molecule has 0 aliphatic heterocycles. The van der Waals surface area contributed by atoms with Gasteiger partial charge in [0.2, 0.25) is 5.91 Å². The fourth-order valence-corrected chi connectivity index (χ4v) is 0.648. The minimum atomic E-state index is -1.15. The zero-order valence-electron chi connectivity index (χ0n) is 6.01. The predicted molar refractivity (Wildman–Crippen MR) is 32.9 cm³/mol. The molecule has 1 amide bonds. The summed E-state index contributed by atoms with van der Waals surface area (Å²) in [5.74, 6) is -1.38. The number of carbonyl (C=O) groups excluding carboxylic acids is 2. The number of rotatable bonds is 3. The molecule has 58 valence electrons. The lowest BCUT2D eigenvalue weighted by molar-refractivity contribution is -0.306. The van der Waals surface area contributed by atoms with Crippen molar-refractivity contribution in [2.75, 3.05) is 0 Å². The highest BCUT2D eigenvalue weighted by molar-refractivity contribution is 5.74. The van der Waals surface area contributed by atoms with Crippen molar-refractivity contribution in [3.63, 3.8) is 0 Å². The van der Waals surface area contributed by atoms with Crippen LogP contribution in [0, 0.1) is 0 Å². The molecular weight excluding hydrogens is 134 g/mol. The molecule has 4 nitrogen and oxygen atoms in total. The second kappa shape index (κ2) is 3.87. The summed E-state index contributed by atoms with van der Waals surface area (Å²) < 4.78 is 0. The Labute approximate surface area is 59.2 Å². The third kappa shape index (κ3) is 5.08. The van der Waals surface area contributed by atoms with E-state index in [1.54, 1.807) is 6.92 Å². The predicted octanol–water partition coefficient (Wildman–Crippen LogP) is -1.35. The standard InChI is InChI=1S/C6H11NO3/c1-4(3-6(9)10)7-5(2)8/h4H,3H2,1-2H3,(H,7,8)(H,9,10)/p-1. The van der Waals surface area contributed by atoms with Crippen LogP contribution in [0.5, 0.6) is 0 Å². The minimum absolute atomic E-state index is 0.139. The molecule has 0 heterocycles. The van der Waals surface area contributed by atoms with Crippen molar-refractivity contribution in [2.24, 2.45) is 0 Å². The molecular formula is C6H10NO3-. The maximum absolute atomic E-state index is 10.3. The van der Waals surface area contributed by atoms with Gasteiger partial charge in [-0.25, -0.2) is 0 Å². The van der Waals surface area contributed by atoms with Crippen molar-refractivity contribution < 1.29 is 14.7 Å². The molecule has 0 rings (SSSR count). The summed E-state index contributed by atoms with van der Waals surface area (Å²) in [5.41, 5.74) is 0. The van der Waals surface area contributed by atoms with Crippen LogP contribution in [0.4, 0.5) is 0 Å². The van der Waals surface area contributed by atoms with E-state index in [1.165, 1.54) is 6.92 Å². The van der Waals surface area contributed by atoms with Gasteiger partial charge in [-0.3, -0.25) is 4.79 Å². The first-order valence-corrected chi connectivity index (χ1v) is 2.99. The number of nitrogens with one attached hydrogen (secondary N) is 1. The average molecular weight is 144 g/mol. The summed E-state index contributed by atoms with van der Waals surface area (Å²) >= 11 is 0. The van der Waals surface area contributed by atoms with Crippen molar-refractivity contribution in [1.29, 1.82) is 0 Å². The highest BCUT2D eigenvalue weighted by atomic mass is 16.4. The van der Waals surface area contributed by atoms with Gasteiger partial charge in [0, 0.05) is 25.4 Å². The molecule has 0 radical (unpaired) electrons.